The van der Waals surface area contributed by atoms with Crippen molar-refractivity contribution < 1.29 is 4.79 Å². The summed E-state index contributed by atoms with van der Waals surface area (Å²) in [6.07, 6.45) is 0.974. The topological polar surface area (TPSA) is 42.0 Å². The number of hydrogen-bond acceptors (Lipinski definition) is 2. The van der Waals surface area contributed by atoms with Gasteiger partial charge >= 0.3 is 0 Å². The maximum Gasteiger partial charge on any atom is 0.251 e. The van der Waals surface area contributed by atoms with E-state index in [1.807, 2.05) is 13.8 Å². The van der Waals surface area contributed by atoms with E-state index in [1.165, 1.54) is 0 Å². The summed E-state index contributed by atoms with van der Waals surface area (Å²) in [6.45, 7) is 9.00. The van der Waals surface area contributed by atoms with Gasteiger partial charge < -0.3 is 5.32 Å². The van der Waals surface area contributed by atoms with Gasteiger partial charge in [0.1, 0.15) is 5.15 Å². The predicted molar refractivity (Wildman–Crippen MR) is 75.1 cm³/mol. The third kappa shape index (κ3) is 4.65. The molecular weight excluding hydrogens is 248 g/mol. The Hall–Kier alpha value is -1.09. The van der Waals surface area contributed by atoms with Crippen LogP contribution in [0.5, 0.6) is 0 Å². The summed E-state index contributed by atoms with van der Waals surface area (Å²) in [5.74, 6) is 0.755. The number of carbonyl (C=O) groups excluding carboxylic acids is 1. The Labute approximate surface area is 114 Å². The average molecular weight is 269 g/mol. The van der Waals surface area contributed by atoms with Crippen molar-refractivity contribution in [2.75, 3.05) is 6.54 Å². The maximum absolute atomic E-state index is 12.0. The van der Waals surface area contributed by atoms with Crippen molar-refractivity contribution in [2.45, 2.75) is 40.0 Å². The van der Waals surface area contributed by atoms with Crippen LogP contribution in [0.15, 0.2) is 12.1 Å². The highest BCUT2D eigenvalue weighted by Crippen LogP contribution is 2.17. The van der Waals surface area contributed by atoms with E-state index in [0.29, 0.717) is 23.2 Å². The maximum atomic E-state index is 12.0. The number of hydrogen-bond donors (Lipinski definition) is 1. The van der Waals surface area contributed by atoms with Gasteiger partial charge in [0.2, 0.25) is 0 Å². The lowest BCUT2D eigenvalue weighted by molar-refractivity contribution is 0.0952. The van der Waals surface area contributed by atoms with Crippen LogP contribution in [-0.2, 0) is 0 Å². The van der Waals surface area contributed by atoms with Crippen LogP contribution in [0, 0.1) is 5.92 Å². The van der Waals surface area contributed by atoms with E-state index in [9.17, 15) is 4.79 Å². The van der Waals surface area contributed by atoms with Crippen molar-refractivity contribution in [3.8, 4) is 0 Å². The molecule has 0 aliphatic carbocycles. The Kier molecular flexibility index (Phi) is 5.60. The summed E-state index contributed by atoms with van der Waals surface area (Å²) < 4.78 is 0. The minimum absolute atomic E-state index is 0.0816. The molecule has 1 amide bonds. The van der Waals surface area contributed by atoms with Crippen LogP contribution >= 0.6 is 11.6 Å². The third-order valence-corrected chi connectivity index (χ3v) is 2.87. The first kappa shape index (κ1) is 15.0. The van der Waals surface area contributed by atoms with E-state index in [-0.39, 0.29) is 11.8 Å². The monoisotopic (exact) mass is 268 g/mol. The molecule has 18 heavy (non-hydrogen) atoms. The zero-order chi connectivity index (χ0) is 13.7. The van der Waals surface area contributed by atoms with Crippen LogP contribution in [-0.4, -0.2) is 17.4 Å². The molecule has 0 bridgehead atoms. The van der Waals surface area contributed by atoms with Crippen LogP contribution in [0.1, 0.15) is 56.1 Å². The lowest BCUT2D eigenvalue weighted by atomic mass is 10.1. The van der Waals surface area contributed by atoms with Gasteiger partial charge in [-0.3, -0.25) is 4.79 Å². The molecule has 0 spiro atoms. The number of pyridine rings is 1. The lowest BCUT2D eigenvalue weighted by Gasteiger charge is -2.10. The number of nitrogens with one attached hydrogen (secondary N) is 1. The smallest absolute Gasteiger partial charge is 0.251 e. The van der Waals surface area contributed by atoms with E-state index in [0.717, 1.165) is 12.1 Å². The van der Waals surface area contributed by atoms with Gasteiger partial charge in [-0.15, -0.1) is 0 Å². The molecule has 3 nitrogen and oxygen atoms in total. The molecule has 0 atom stereocenters. The largest absolute Gasteiger partial charge is 0.352 e. The number of amides is 1. The molecule has 0 saturated carbocycles. The highest BCUT2D eigenvalue weighted by Gasteiger charge is 2.11. The predicted octanol–water partition coefficient (Wildman–Crippen LogP) is 3.63. The second-order valence-electron chi connectivity index (χ2n) is 5.20. The number of rotatable bonds is 5. The fraction of sp³-hybridized carbons (Fsp3) is 0.571. The first-order valence-electron chi connectivity index (χ1n) is 6.35. The second kappa shape index (κ2) is 6.74. The van der Waals surface area contributed by atoms with Gasteiger partial charge in [0, 0.05) is 17.8 Å². The molecule has 0 aliphatic heterocycles. The highest BCUT2D eigenvalue weighted by molar-refractivity contribution is 6.29. The third-order valence-electron chi connectivity index (χ3n) is 2.67. The zero-order valence-corrected chi connectivity index (χ0v) is 12.2. The molecule has 0 aliphatic rings. The molecule has 1 N–H and O–H groups in total. The van der Waals surface area contributed by atoms with E-state index in [4.69, 9.17) is 11.6 Å². The molecule has 0 radical (unpaired) electrons. The van der Waals surface area contributed by atoms with Gasteiger partial charge in [0.25, 0.3) is 5.91 Å². The average Bonchev–Trinajstić information content (AvgIpc) is 2.27. The van der Waals surface area contributed by atoms with E-state index in [1.54, 1.807) is 12.1 Å². The van der Waals surface area contributed by atoms with E-state index < -0.39 is 0 Å². The van der Waals surface area contributed by atoms with Gasteiger partial charge in [-0.1, -0.05) is 39.3 Å². The van der Waals surface area contributed by atoms with Crippen molar-refractivity contribution in [3.63, 3.8) is 0 Å². The van der Waals surface area contributed by atoms with Gasteiger partial charge in [-0.25, -0.2) is 4.98 Å². The number of halogens is 1. The lowest BCUT2D eigenvalue weighted by Crippen LogP contribution is -2.25. The molecule has 1 rings (SSSR count). The SMILES string of the molecule is CC(C)CCNC(=O)c1cc(Cl)nc(C(C)C)c1. The van der Waals surface area contributed by atoms with Crippen LogP contribution in [0.25, 0.3) is 0 Å². The molecule has 0 aromatic carbocycles. The first-order chi connectivity index (χ1) is 8.40. The minimum Gasteiger partial charge on any atom is -0.352 e. The van der Waals surface area contributed by atoms with Crippen LogP contribution in [0.3, 0.4) is 0 Å². The second-order valence-corrected chi connectivity index (χ2v) is 5.58. The fourth-order valence-electron chi connectivity index (χ4n) is 1.52. The van der Waals surface area contributed by atoms with Gasteiger partial charge in [0.05, 0.1) is 0 Å². The van der Waals surface area contributed by atoms with Gasteiger partial charge in [-0.2, -0.15) is 0 Å². The summed E-state index contributed by atoms with van der Waals surface area (Å²) in [6, 6.07) is 3.42. The quantitative estimate of drug-likeness (QED) is 0.829. The molecule has 0 unspecified atom stereocenters. The summed E-state index contributed by atoms with van der Waals surface area (Å²) >= 11 is 5.93. The summed E-state index contributed by atoms with van der Waals surface area (Å²) in [5.41, 5.74) is 1.43. The summed E-state index contributed by atoms with van der Waals surface area (Å²) in [7, 11) is 0. The van der Waals surface area contributed by atoms with Crippen molar-refractivity contribution in [1.82, 2.24) is 10.3 Å². The molecule has 0 fully saturated rings. The Morgan fingerprint density at radius 2 is 2.00 bits per heavy atom. The molecule has 1 heterocycles. The number of aromatic nitrogens is 1. The van der Waals surface area contributed by atoms with Crippen molar-refractivity contribution in [3.05, 3.63) is 28.5 Å². The van der Waals surface area contributed by atoms with Crippen molar-refractivity contribution in [2.24, 2.45) is 5.92 Å². The van der Waals surface area contributed by atoms with Gasteiger partial charge in [-0.05, 0) is 30.4 Å². The van der Waals surface area contributed by atoms with Crippen LogP contribution in [0.4, 0.5) is 0 Å². The molecule has 100 valence electrons. The summed E-state index contributed by atoms with van der Waals surface area (Å²) in [5, 5.41) is 3.27. The summed E-state index contributed by atoms with van der Waals surface area (Å²) in [4.78, 5) is 16.2. The van der Waals surface area contributed by atoms with Gasteiger partial charge in [0.15, 0.2) is 0 Å². The number of carbonyl (C=O) groups is 1. The molecule has 1 aromatic heterocycles. The molecule has 1 aromatic rings. The Morgan fingerprint density at radius 1 is 1.33 bits per heavy atom. The Morgan fingerprint density at radius 3 is 2.56 bits per heavy atom. The molecule has 4 heteroatoms. The van der Waals surface area contributed by atoms with Crippen LogP contribution < -0.4 is 5.32 Å². The van der Waals surface area contributed by atoms with Crippen molar-refractivity contribution >= 4 is 17.5 Å². The highest BCUT2D eigenvalue weighted by atomic mass is 35.5. The standard InChI is InChI=1S/C14H21ClN2O/c1-9(2)5-6-16-14(18)11-7-12(10(3)4)17-13(15)8-11/h7-10H,5-6H2,1-4H3,(H,16,18). The first-order valence-corrected chi connectivity index (χ1v) is 6.73. The number of nitrogens with zero attached hydrogens (tertiary/aromatic N) is 1. The van der Waals surface area contributed by atoms with Crippen molar-refractivity contribution in [1.29, 1.82) is 0 Å². The Balaban J connectivity index is 2.73. The minimum atomic E-state index is -0.0816. The fourth-order valence-corrected chi connectivity index (χ4v) is 1.74. The van der Waals surface area contributed by atoms with E-state index >= 15 is 0 Å². The van der Waals surface area contributed by atoms with Crippen LogP contribution in [0.2, 0.25) is 5.15 Å². The Bertz CT molecular complexity index is 416. The normalized spacial score (nSPS) is 11.1. The zero-order valence-electron chi connectivity index (χ0n) is 11.5. The molecular formula is C14H21ClN2O. The molecule has 0 saturated heterocycles. The van der Waals surface area contributed by atoms with E-state index in [2.05, 4.69) is 24.1 Å².